The van der Waals surface area contributed by atoms with Crippen LogP contribution in [0.5, 0.6) is 0 Å². The molecule has 0 fully saturated rings. The predicted molar refractivity (Wildman–Crippen MR) is 84.4 cm³/mol. The van der Waals surface area contributed by atoms with Crippen molar-refractivity contribution in [3.63, 3.8) is 0 Å². The Morgan fingerprint density at radius 3 is 2.84 bits per heavy atom. The second kappa shape index (κ2) is 4.93. The Morgan fingerprint density at radius 2 is 2.16 bits per heavy atom. The van der Waals surface area contributed by atoms with E-state index in [9.17, 15) is 4.39 Å². The second-order valence-electron chi connectivity index (χ2n) is 3.96. The smallest absolute Gasteiger partial charge is 0.154 e. The summed E-state index contributed by atoms with van der Waals surface area (Å²) < 4.78 is 14.0. The van der Waals surface area contributed by atoms with E-state index >= 15 is 0 Å². The molecule has 3 aromatic rings. The molecule has 0 aliphatic carbocycles. The van der Waals surface area contributed by atoms with E-state index in [0.29, 0.717) is 5.82 Å². The van der Waals surface area contributed by atoms with Crippen LogP contribution in [0.4, 0.5) is 10.2 Å². The number of halogens is 2. The summed E-state index contributed by atoms with van der Waals surface area (Å²) >= 11 is 3.70. The molecule has 3 N–H and O–H groups in total. The Hall–Kier alpha value is -1.41. The minimum Gasteiger partial charge on any atom is -0.382 e. The van der Waals surface area contributed by atoms with Crippen LogP contribution in [0, 0.1) is 9.39 Å². The van der Waals surface area contributed by atoms with Crippen molar-refractivity contribution in [2.75, 3.05) is 5.73 Å². The topological polar surface area (TPSA) is 54.7 Å². The third-order valence-corrected chi connectivity index (χ3v) is 4.54. The van der Waals surface area contributed by atoms with Gasteiger partial charge in [0.1, 0.15) is 5.82 Å². The molecule has 0 aliphatic rings. The van der Waals surface area contributed by atoms with Gasteiger partial charge in [0, 0.05) is 14.0 Å². The first kappa shape index (κ1) is 12.6. The van der Waals surface area contributed by atoms with E-state index < -0.39 is 0 Å². The molecule has 6 heteroatoms. The number of aromatic nitrogens is 2. The number of aromatic amines is 1. The van der Waals surface area contributed by atoms with Gasteiger partial charge in [-0.25, -0.2) is 4.39 Å². The molecule has 0 unspecified atom stereocenters. The van der Waals surface area contributed by atoms with E-state index in [2.05, 4.69) is 32.8 Å². The van der Waals surface area contributed by atoms with Crippen LogP contribution in [0.1, 0.15) is 0 Å². The molecule has 2 aromatic heterocycles. The summed E-state index contributed by atoms with van der Waals surface area (Å²) in [7, 11) is 0. The lowest BCUT2D eigenvalue weighted by Crippen LogP contribution is -1.89. The van der Waals surface area contributed by atoms with Crippen LogP contribution in [0.25, 0.3) is 21.7 Å². The van der Waals surface area contributed by atoms with Crippen LogP contribution in [-0.2, 0) is 0 Å². The van der Waals surface area contributed by atoms with Crippen molar-refractivity contribution >= 4 is 39.7 Å². The summed E-state index contributed by atoms with van der Waals surface area (Å²) in [6, 6.07) is 8.62. The molecule has 3 rings (SSSR count). The first-order valence-corrected chi connectivity index (χ1v) is 7.46. The number of benzene rings is 1. The van der Waals surface area contributed by atoms with Crippen molar-refractivity contribution in [2.45, 2.75) is 0 Å². The summed E-state index contributed by atoms with van der Waals surface area (Å²) in [5.74, 6) is 0.205. The zero-order valence-electron chi connectivity index (χ0n) is 9.65. The van der Waals surface area contributed by atoms with Gasteiger partial charge in [0.2, 0.25) is 0 Å². The molecule has 3 nitrogen and oxygen atoms in total. The van der Waals surface area contributed by atoms with E-state index in [0.717, 1.165) is 25.3 Å². The monoisotopic (exact) mass is 385 g/mol. The molecule has 1 aromatic carbocycles. The van der Waals surface area contributed by atoms with Crippen LogP contribution in [-0.4, -0.2) is 10.2 Å². The van der Waals surface area contributed by atoms with Crippen molar-refractivity contribution < 1.29 is 4.39 Å². The zero-order chi connectivity index (χ0) is 13.4. The quantitative estimate of drug-likeness (QED) is 0.652. The number of nitrogens with two attached hydrogens (primary N) is 1. The van der Waals surface area contributed by atoms with E-state index in [1.54, 1.807) is 17.4 Å². The first-order valence-electron chi connectivity index (χ1n) is 5.50. The largest absolute Gasteiger partial charge is 0.382 e. The van der Waals surface area contributed by atoms with Crippen molar-refractivity contribution in [3.05, 3.63) is 45.1 Å². The molecule has 0 amide bonds. The fourth-order valence-electron chi connectivity index (χ4n) is 1.91. The van der Waals surface area contributed by atoms with Crippen molar-refractivity contribution in [3.8, 4) is 21.7 Å². The minimum atomic E-state index is -0.252. The van der Waals surface area contributed by atoms with Crippen LogP contribution < -0.4 is 5.73 Å². The van der Waals surface area contributed by atoms with Gasteiger partial charge in [-0.2, -0.15) is 5.10 Å². The molecule has 0 aliphatic heterocycles. The molecule has 0 saturated heterocycles. The molecule has 0 spiro atoms. The Bertz CT molecular complexity index is 722. The highest BCUT2D eigenvalue weighted by Crippen LogP contribution is 2.38. The molecule has 96 valence electrons. The van der Waals surface area contributed by atoms with Crippen molar-refractivity contribution in [2.24, 2.45) is 0 Å². The van der Waals surface area contributed by atoms with E-state index in [1.807, 2.05) is 17.5 Å². The summed E-state index contributed by atoms with van der Waals surface area (Å²) in [5.41, 5.74) is 8.53. The van der Waals surface area contributed by atoms with Gasteiger partial charge >= 0.3 is 0 Å². The van der Waals surface area contributed by atoms with Gasteiger partial charge in [0.15, 0.2) is 5.82 Å². The van der Waals surface area contributed by atoms with E-state index in [1.165, 1.54) is 12.1 Å². The summed E-state index contributed by atoms with van der Waals surface area (Å²) in [6.07, 6.45) is 0. The van der Waals surface area contributed by atoms with Gasteiger partial charge in [-0.05, 0) is 52.2 Å². The summed E-state index contributed by atoms with van der Waals surface area (Å²) in [6.45, 7) is 0. The van der Waals surface area contributed by atoms with Gasteiger partial charge in [-0.3, -0.25) is 5.10 Å². The summed E-state index contributed by atoms with van der Waals surface area (Å²) in [4.78, 5) is 1.04. The molecule has 19 heavy (non-hydrogen) atoms. The van der Waals surface area contributed by atoms with Crippen LogP contribution in [0.15, 0.2) is 35.7 Å². The third-order valence-electron chi connectivity index (χ3n) is 2.76. The highest BCUT2D eigenvalue weighted by Gasteiger charge is 2.17. The average molecular weight is 385 g/mol. The van der Waals surface area contributed by atoms with Crippen LogP contribution in [0.2, 0.25) is 0 Å². The Balaban J connectivity index is 2.21. The fourth-order valence-corrected chi connectivity index (χ4v) is 3.45. The van der Waals surface area contributed by atoms with Gasteiger partial charge in [-0.1, -0.05) is 6.07 Å². The summed E-state index contributed by atoms with van der Waals surface area (Å²) in [5, 5.41) is 9.01. The SMILES string of the molecule is Nc1n[nH]c(-c2ccc(F)cc2I)c1-c1cccs1. The van der Waals surface area contributed by atoms with Crippen molar-refractivity contribution in [1.29, 1.82) is 0 Å². The molecule has 0 saturated carbocycles. The maximum Gasteiger partial charge on any atom is 0.154 e. The van der Waals surface area contributed by atoms with Crippen LogP contribution in [0.3, 0.4) is 0 Å². The highest BCUT2D eigenvalue weighted by atomic mass is 127. The highest BCUT2D eigenvalue weighted by molar-refractivity contribution is 14.1. The van der Waals surface area contributed by atoms with Gasteiger partial charge in [-0.15, -0.1) is 11.3 Å². The second-order valence-corrected chi connectivity index (χ2v) is 6.07. The number of hydrogen-bond donors (Lipinski definition) is 2. The van der Waals surface area contributed by atoms with E-state index in [-0.39, 0.29) is 5.82 Å². The van der Waals surface area contributed by atoms with E-state index in [4.69, 9.17) is 5.73 Å². The molecule has 0 radical (unpaired) electrons. The standard InChI is InChI=1S/C13H9FIN3S/c14-7-3-4-8(9(15)6-7)12-11(13(16)18-17-12)10-2-1-5-19-10/h1-6H,(H3,16,17,18). The Labute approximate surface area is 126 Å². The minimum absolute atomic E-state index is 0.252. The average Bonchev–Trinajstić information content (AvgIpc) is 2.98. The fraction of sp³-hybridized carbons (Fsp3) is 0. The van der Waals surface area contributed by atoms with Gasteiger partial charge < -0.3 is 5.73 Å². The number of thiophene rings is 1. The maximum absolute atomic E-state index is 13.2. The predicted octanol–water partition coefficient (Wildman–Crippen LogP) is 4.13. The maximum atomic E-state index is 13.2. The first-order chi connectivity index (χ1) is 9.16. The van der Waals surface area contributed by atoms with Crippen LogP contribution >= 0.6 is 33.9 Å². The Kier molecular flexibility index (Phi) is 3.28. The number of anilines is 1. The molecule has 2 heterocycles. The van der Waals surface area contributed by atoms with Gasteiger partial charge in [0.05, 0.1) is 11.3 Å². The molecular weight excluding hydrogens is 376 g/mol. The zero-order valence-corrected chi connectivity index (χ0v) is 12.6. The molecular formula is C13H9FIN3S. The molecule has 0 atom stereocenters. The number of nitrogens with one attached hydrogen (secondary N) is 1. The number of rotatable bonds is 2. The lowest BCUT2D eigenvalue weighted by Gasteiger charge is -2.05. The normalized spacial score (nSPS) is 10.8. The number of H-pyrrole nitrogens is 1. The number of nitrogens with zero attached hydrogens (tertiary/aromatic N) is 1. The lowest BCUT2D eigenvalue weighted by molar-refractivity contribution is 0.627. The number of hydrogen-bond acceptors (Lipinski definition) is 3. The van der Waals surface area contributed by atoms with Crippen molar-refractivity contribution in [1.82, 2.24) is 10.2 Å². The van der Waals surface area contributed by atoms with Gasteiger partial charge in [0.25, 0.3) is 0 Å². The number of nitrogen functional groups attached to an aromatic ring is 1. The lowest BCUT2D eigenvalue weighted by atomic mass is 10.1. The Morgan fingerprint density at radius 1 is 1.32 bits per heavy atom. The molecule has 0 bridgehead atoms. The third kappa shape index (κ3) is 2.25.